The molecule has 0 saturated heterocycles. The fourth-order valence-corrected chi connectivity index (χ4v) is 8.11. The number of rotatable bonds is 46. The van der Waals surface area contributed by atoms with Crippen LogP contribution in [0.15, 0.2) is 0 Å². The molecule has 0 radical (unpaired) electrons. The topological polar surface area (TPSA) is 400 Å². The van der Waals surface area contributed by atoms with Gasteiger partial charge in [-0.1, -0.05) is 6.92 Å². The summed E-state index contributed by atoms with van der Waals surface area (Å²) < 4.78 is 91.8. The van der Waals surface area contributed by atoms with E-state index in [1.807, 2.05) is 312 Å². The van der Waals surface area contributed by atoms with Gasteiger partial charge in [0.1, 0.15) is 0 Å². The zero-order chi connectivity index (χ0) is 107. The predicted molar refractivity (Wildman–Crippen MR) is 544 cm³/mol. The molecule has 14 atom stereocenters. The van der Waals surface area contributed by atoms with E-state index in [4.69, 9.17) is 142 Å². The normalized spacial score (nSPS) is 15.5. The van der Waals surface area contributed by atoms with E-state index >= 15 is 0 Å². The Bertz CT molecular complexity index is 2280. The van der Waals surface area contributed by atoms with Crippen LogP contribution < -0.4 is 0 Å². The quantitative estimate of drug-likeness (QED) is 0.0252. The molecule has 132 heavy (non-hydrogen) atoms. The molecule has 0 saturated carbocycles. The highest BCUT2D eigenvalue weighted by Gasteiger charge is 2.23. The first-order valence-corrected chi connectivity index (χ1v) is 48.7. The average Bonchev–Trinajstić information content (AvgIpc) is 0.958. The highest BCUT2D eigenvalue weighted by molar-refractivity contribution is 4.70. The Balaban J connectivity index is -0.000000119. The van der Waals surface area contributed by atoms with Crippen LogP contribution in [0.4, 0.5) is 0 Å². The molecule has 0 bridgehead atoms. The van der Waals surface area contributed by atoms with Crippen molar-refractivity contribution in [2.24, 2.45) is 0 Å². The number of hydrogen-bond donors (Lipinski definition) is 12. The minimum atomic E-state index is -0.405. The van der Waals surface area contributed by atoms with E-state index in [0.717, 1.165) is 64.8 Å². The number of unbranched alkanes of at least 4 members (excludes halogenated alkanes) is 1. The van der Waals surface area contributed by atoms with Gasteiger partial charge in [0, 0.05) is 59.5 Å². The lowest BCUT2D eigenvalue weighted by Gasteiger charge is -2.26. The van der Waals surface area contributed by atoms with Crippen molar-refractivity contribution in [2.45, 2.75) is 544 Å². The van der Waals surface area contributed by atoms with Crippen LogP contribution in [0.1, 0.15) is 391 Å². The van der Waals surface area contributed by atoms with Crippen LogP contribution >= 0.6 is 0 Å². The summed E-state index contributed by atoms with van der Waals surface area (Å²) in [4.78, 5) is 0. The molecular formula is C103H230O29. The van der Waals surface area contributed by atoms with Crippen molar-refractivity contribution in [3.8, 4) is 0 Å². The third-order valence-corrected chi connectivity index (χ3v) is 13.9. The lowest BCUT2D eigenvalue weighted by Crippen LogP contribution is -2.32. The highest BCUT2D eigenvalue weighted by atomic mass is 16.6. The first kappa shape index (κ1) is 156. The minimum Gasteiger partial charge on any atom is -0.396 e. The standard InChI is InChI=1S/5C10H22O3.4C8H18O2.3C7H16O2/c1-8(11)6-12-9(2)7-13-10(3,4)5;1-8(11)6-12-7-9(2)13-10(3,4)5;1-8(6-11)13-9(2)7-12-10(3,4)5;1-8(6-11)12-7-9(2)13-10(3,4)5;1-10(2,3)13-9-5-8-12-7-4-6-11;1-7(9)5-6-10-8(2,3)4;1-6(9)7(2)10-8(3,4)5;1-8(2,3)10-7-5-4-6-9;1-5-7(9)6-10-8(2,3)4;1-6(8)5-9-7(2,3)4;1-6(5-8)9-7(2,3)4;1-7(2,3)9-6-4-5-8/h4*8-9,11H,6-7H2,1-5H3;11H,4-9H2,1-3H3;7,9H,5-6H2,1-4H3;6-7,9H,1-5H3;9H,4-7H2,1-3H3;7,9H,5-6H2,1-4H3;2*6,8H,5H2,1-4H3;8H,4-6H2,1-3H3. The van der Waals surface area contributed by atoms with Gasteiger partial charge in [0.2, 0.25) is 0 Å². The Morgan fingerprint density at radius 3 is 0.811 bits per heavy atom. The van der Waals surface area contributed by atoms with Crippen LogP contribution in [0.25, 0.3) is 0 Å². The summed E-state index contributed by atoms with van der Waals surface area (Å²) in [6, 6.07) is 0. The van der Waals surface area contributed by atoms with E-state index < -0.39 is 12.2 Å². The van der Waals surface area contributed by atoms with E-state index in [1.165, 1.54) is 0 Å². The Morgan fingerprint density at radius 2 is 0.515 bits per heavy atom. The molecule has 0 aromatic carbocycles. The summed E-state index contributed by atoms with van der Waals surface area (Å²) in [5, 5.41) is 105. The second-order valence-corrected chi connectivity index (χ2v) is 45.3. The summed E-state index contributed by atoms with van der Waals surface area (Å²) >= 11 is 0. The maximum Gasteiger partial charge on any atom is 0.0810 e. The third-order valence-electron chi connectivity index (χ3n) is 13.9. The van der Waals surface area contributed by atoms with E-state index in [9.17, 15) is 0 Å². The van der Waals surface area contributed by atoms with Crippen molar-refractivity contribution in [1.82, 2.24) is 0 Å². The zero-order valence-electron chi connectivity index (χ0n) is 95.5. The highest BCUT2D eigenvalue weighted by Crippen LogP contribution is 2.18. The molecule has 0 heterocycles. The van der Waals surface area contributed by atoms with E-state index in [0.29, 0.717) is 72.7 Å². The maximum absolute atomic E-state index is 9.10. The van der Waals surface area contributed by atoms with Crippen LogP contribution in [-0.4, -0.2) is 346 Å². The van der Waals surface area contributed by atoms with Crippen LogP contribution in [0, 0.1) is 0 Å². The molecule has 12 N–H and O–H groups in total. The number of hydrogen-bond acceptors (Lipinski definition) is 29. The fraction of sp³-hybridized carbons (Fsp3) is 1.00. The molecule has 0 aliphatic rings. The Labute approximate surface area is 813 Å². The molecule has 0 fully saturated rings. The van der Waals surface area contributed by atoms with Gasteiger partial charge < -0.3 is 142 Å². The second-order valence-electron chi connectivity index (χ2n) is 45.3. The smallest absolute Gasteiger partial charge is 0.0810 e. The Hall–Kier alpha value is -1.16. The summed E-state index contributed by atoms with van der Waals surface area (Å²) in [6.45, 7) is 107. The molecule has 0 aromatic rings. The van der Waals surface area contributed by atoms with Gasteiger partial charge >= 0.3 is 0 Å². The SMILES string of the molecule is CC(C)(C)OCCCCO.CC(C)(C)OCCCO.CC(C)(C)OCCCOCCCO.CC(CO)OC(C)(C)C.CC(CO)OC(C)COC(C)(C)C.CC(CO)OCC(C)OC(C)(C)C.CC(O)C(C)OC(C)(C)C.CC(O)CCOC(C)(C)C.CC(O)COC(C)(C)C.CC(O)COC(C)COC(C)(C)C.CC(O)COCC(C)OC(C)(C)C.CCC(O)COC(C)(C)C. The van der Waals surface area contributed by atoms with Crippen molar-refractivity contribution in [2.75, 3.05) is 132 Å². The molecule has 0 aliphatic carbocycles. The molecular weight excluding hydrogens is 1700 g/mol. The molecule has 0 aromatic heterocycles. The van der Waals surface area contributed by atoms with Gasteiger partial charge in [-0.2, -0.15) is 0 Å². The summed E-state index contributed by atoms with van der Waals surface area (Å²) in [7, 11) is 0. The van der Waals surface area contributed by atoms with E-state index in [1.54, 1.807) is 34.6 Å². The molecule has 0 rings (SSSR count). The largest absolute Gasteiger partial charge is 0.396 e. The average molecular weight is 1930 g/mol. The molecule has 0 aliphatic heterocycles. The number of aliphatic hydroxyl groups excluding tert-OH is 12. The van der Waals surface area contributed by atoms with Gasteiger partial charge in [0.05, 0.1) is 225 Å². The fourth-order valence-electron chi connectivity index (χ4n) is 8.11. The number of ether oxygens (including phenoxy) is 17. The van der Waals surface area contributed by atoms with Gasteiger partial charge in [-0.15, -0.1) is 0 Å². The van der Waals surface area contributed by atoms with Gasteiger partial charge in [-0.25, -0.2) is 0 Å². The predicted octanol–water partition coefficient (Wildman–Crippen LogP) is 17.8. The monoisotopic (exact) mass is 1930 g/mol. The van der Waals surface area contributed by atoms with Gasteiger partial charge in [0.15, 0.2) is 0 Å². The lowest BCUT2D eigenvalue weighted by molar-refractivity contribution is -0.0997. The Morgan fingerprint density at radius 1 is 0.220 bits per heavy atom. The minimum absolute atomic E-state index is 0.0291. The zero-order valence-corrected chi connectivity index (χ0v) is 95.5. The van der Waals surface area contributed by atoms with Crippen LogP contribution in [0.5, 0.6) is 0 Å². The molecule has 816 valence electrons. The van der Waals surface area contributed by atoms with Crippen molar-refractivity contribution in [3.05, 3.63) is 0 Å². The second kappa shape index (κ2) is 87.6. The summed E-state index contributed by atoms with van der Waals surface area (Å²) in [5.41, 5.74) is -1.28. The molecule has 0 amide bonds. The first-order chi connectivity index (χ1) is 59.1. The van der Waals surface area contributed by atoms with Crippen molar-refractivity contribution in [1.29, 1.82) is 0 Å². The van der Waals surface area contributed by atoms with Crippen LogP contribution in [-0.2, 0) is 80.5 Å². The lowest BCUT2D eigenvalue weighted by atomic mass is 10.1. The van der Waals surface area contributed by atoms with Crippen molar-refractivity contribution >= 4 is 0 Å². The van der Waals surface area contributed by atoms with Crippen molar-refractivity contribution in [3.63, 3.8) is 0 Å². The molecule has 29 heteroatoms. The summed E-state index contributed by atoms with van der Waals surface area (Å²) in [6.07, 6.45) is 3.39. The van der Waals surface area contributed by atoms with Gasteiger partial charge in [0.25, 0.3) is 0 Å². The Kier molecular flexibility index (Phi) is 104. The first-order valence-electron chi connectivity index (χ1n) is 48.7. The third kappa shape index (κ3) is 192. The number of aliphatic hydroxyl groups is 12. The van der Waals surface area contributed by atoms with Crippen LogP contribution in [0.3, 0.4) is 0 Å². The van der Waals surface area contributed by atoms with Crippen LogP contribution in [0.2, 0.25) is 0 Å². The molecule has 29 nitrogen and oxygen atoms in total. The molecule has 14 unspecified atom stereocenters. The van der Waals surface area contributed by atoms with Gasteiger partial charge in [-0.05, 0) is 384 Å². The van der Waals surface area contributed by atoms with E-state index in [2.05, 4.69) is 0 Å². The maximum atomic E-state index is 9.10. The van der Waals surface area contributed by atoms with Gasteiger partial charge in [-0.3, -0.25) is 0 Å². The summed E-state index contributed by atoms with van der Waals surface area (Å²) in [5.74, 6) is 0. The molecule has 0 spiro atoms. The van der Waals surface area contributed by atoms with Crippen molar-refractivity contribution < 1.29 is 142 Å². The van der Waals surface area contributed by atoms with E-state index in [-0.39, 0.29) is 180 Å².